The highest BCUT2D eigenvalue weighted by Gasteiger charge is 2.18. The summed E-state index contributed by atoms with van der Waals surface area (Å²) in [6, 6.07) is 6.28. The highest BCUT2D eigenvalue weighted by atomic mass is 32.1. The van der Waals surface area contributed by atoms with Crippen LogP contribution < -0.4 is 5.73 Å². The summed E-state index contributed by atoms with van der Waals surface area (Å²) in [7, 11) is 0. The third-order valence-electron chi connectivity index (χ3n) is 3.13. The summed E-state index contributed by atoms with van der Waals surface area (Å²) in [5.41, 5.74) is 7.72. The quantitative estimate of drug-likeness (QED) is 0.885. The van der Waals surface area contributed by atoms with Crippen molar-refractivity contribution in [1.29, 1.82) is 0 Å². The maximum Gasteiger partial charge on any atom is 0.105 e. The van der Waals surface area contributed by atoms with Crippen molar-refractivity contribution in [2.24, 2.45) is 5.73 Å². The van der Waals surface area contributed by atoms with E-state index in [1.54, 1.807) is 11.1 Å². The van der Waals surface area contributed by atoms with Gasteiger partial charge in [0, 0.05) is 22.2 Å². The largest absolute Gasteiger partial charge is 0.469 e. The van der Waals surface area contributed by atoms with Gasteiger partial charge in [0.15, 0.2) is 0 Å². The zero-order valence-corrected chi connectivity index (χ0v) is 9.93. The van der Waals surface area contributed by atoms with Crippen LogP contribution in [0.2, 0.25) is 0 Å². The summed E-state index contributed by atoms with van der Waals surface area (Å²) in [5, 5.41) is 0. The molecule has 0 fully saturated rings. The normalized spacial score (nSPS) is 16.3. The van der Waals surface area contributed by atoms with Crippen LogP contribution in [0.25, 0.3) is 0 Å². The van der Waals surface area contributed by atoms with Gasteiger partial charge in [0.25, 0.3) is 0 Å². The van der Waals surface area contributed by atoms with Crippen molar-refractivity contribution in [3.8, 4) is 0 Å². The van der Waals surface area contributed by atoms with Gasteiger partial charge in [-0.3, -0.25) is 0 Å². The topological polar surface area (TPSA) is 39.2 Å². The van der Waals surface area contributed by atoms with Gasteiger partial charge in [-0.25, -0.2) is 0 Å². The molecule has 2 heterocycles. The van der Waals surface area contributed by atoms with Gasteiger partial charge in [0.2, 0.25) is 0 Å². The van der Waals surface area contributed by atoms with Crippen molar-refractivity contribution in [3.05, 3.63) is 45.5 Å². The minimum atomic E-state index is 0.0850. The van der Waals surface area contributed by atoms with E-state index in [4.69, 9.17) is 10.2 Å². The summed E-state index contributed by atoms with van der Waals surface area (Å²) in [4.78, 5) is 2.85. The molecule has 0 saturated heterocycles. The van der Waals surface area contributed by atoms with Gasteiger partial charge in [-0.2, -0.15) is 0 Å². The average molecular weight is 233 g/mol. The van der Waals surface area contributed by atoms with Crippen molar-refractivity contribution >= 4 is 11.3 Å². The Balaban J connectivity index is 1.76. The molecule has 3 heteroatoms. The van der Waals surface area contributed by atoms with E-state index in [9.17, 15) is 0 Å². The van der Waals surface area contributed by atoms with Gasteiger partial charge in [0.05, 0.1) is 6.26 Å². The lowest BCUT2D eigenvalue weighted by Crippen LogP contribution is -2.11. The second-order valence-electron chi connectivity index (χ2n) is 4.34. The van der Waals surface area contributed by atoms with Gasteiger partial charge in [0.1, 0.15) is 5.76 Å². The van der Waals surface area contributed by atoms with Crippen molar-refractivity contribution in [2.45, 2.75) is 31.7 Å². The van der Waals surface area contributed by atoms with Gasteiger partial charge in [-0.15, -0.1) is 11.3 Å². The van der Waals surface area contributed by atoms with Crippen molar-refractivity contribution in [3.63, 3.8) is 0 Å². The van der Waals surface area contributed by atoms with Crippen LogP contribution in [0.3, 0.4) is 0 Å². The first-order valence-corrected chi connectivity index (χ1v) is 6.54. The van der Waals surface area contributed by atoms with Crippen LogP contribution in [-0.2, 0) is 19.3 Å². The molecule has 0 aromatic carbocycles. The predicted octanol–water partition coefficient (Wildman–Crippen LogP) is 3.07. The van der Waals surface area contributed by atoms with Crippen LogP contribution in [0.1, 0.15) is 33.5 Å². The summed E-state index contributed by atoms with van der Waals surface area (Å²) < 4.78 is 5.33. The molecule has 0 aliphatic heterocycles. The van der Waals surface area contributed by atoms with Crippen LogP contribution in [0, 0.1) is 0 Å². The molecule has 1 aliphatic carbocycles. The minimum absolute atomic E-state index is 0.0850. The van der Waals surface area contributed by atoms with Gasteiger partial charge >= 0.3 is 0 Å². The highest BCUT2D eigenvalue weighted by molar-refractivity contribution is 7.12. The predicted molar refractivity (Wildman–Crippen MR) is 65.7 cm³/mol. The van der Waals surface area contributed by atoms with Crippen LogP contribution in [0.15, 0.2) is 28.9 Å². The first kappa shape index (κ1) is 10.1. The molecule has 0 saturated carbocycles. The number of rotatable bonds is 3. The fraction of sp³-hybridized carbons (Fsp3) is 0.385. The van der Waals surface area contributed by atoms with Gasteiger partial charge in [-0.1, -0.05) is 0 Å². The molecule has 0 amide bonds. The molecule has 2 nitrogen and oxygen atoms in total. The maximum absolute atomic E-state index is 6.20. The summed E-state index contributed by atoms with van der Waals surface area (Å²) in [5.74, 6) is 0.973. The van der Waals surface area contributed by atoms with E-state index in [-0.39, 0.29) is 6.04 Å². The molecule has 3 rings (SSSR count). The first-order chi connectivity index (χ1) is 7.83. The van der Waals surface area contributed by atoms with E-state index >= 15 is 0 Å². The first-order valence-electron chi connectivity index (χ1n) is 5.72. The fourth-order valence-electron chi connectivity index (χ4n) is 2.28. The standard InChI is InChI=1S/C13H15NOS/c14-11(8-10-4-2-6-15-10)13-7-9-3-1-5-12(9)16-13/h2,4,6-7,11H,1,3,5,8,14H2. The number of aryl methyl sites for hydroxylation is 2. The fourth-order valence-corrected chi connectivity index (χ4v) is 3.54. The van der Waals surface area contributed by atoms with Crippen LogP contribution in [0.5, 0.6) is 0 Å². The van der Waals surface area contributed by atoms with Crippen molar-refractivity contribution in [2.75, 3.05) is 0 Å². The molecule has 2 aromatic heterocycles. The maximum atomic E-state index is 6.20. The molecule has 1 unspecified atom stereocenters. The average Bonchev–Trinajstić information content (AvgIpc) is 2.91. The van der Waals surface area contributed by atoms with Crippen molar-refractivity contribution in [1.82, 2.24) is 0 Å². The number of fused-ring (bicyclic) bond motifs is 1. The molecular weight excluding hydrogens is 218 g/mol. The molecular formula is C13H15NOS. The third kappa shape index (κ3) is 1.81. The number of nitrogens with two attached hydrogens (primary N) is 1. The highest BCUT2D eigenvalue weighted by Crippen LogP contribution is 2.33. The Hall–Kier alpha value is -1.06. The van der Waals surface area contributed by atoms with E-state index in [2.05, 4.69) is 6.07 Å². The Morgan fingerprint density at radius 3 is 3.12 bits per heavy atom. The minimum Gasteiger partial charge on any atom is -0.469 e. The monoisotopic (exact) mass is 233 g/mol. The van der Waals surface area contributed by atoms with Gasteiger partial charge in [-0.05, 0) is 43.0 Å². The molecule has 0 radical (unpaired) electrons. The Morgan fingerprint density at radius 1 is 1.44 bits per heavy atom. The Labute approximate surface area is 99.1 Å². The SMILES string of the molecule is NC(Cc1ccco1)c1cc2c(s1)CCC2. The van der Waals surface area contributed by atoms with E-state index < -0.39 is 0 Å². The number of furan rings is 1. The second-order valence-corrected chi connectivity index (χ2v) is 5.51. The van der Waals surface area contributed by atoms with E-state index in [1.165, 1.54) is 29.7 Å². The smallest absolute Gasteiger partial charge is 0.105 e. The van der Waals surface area contributed by atoms with E-state index in [0.29, 0.717) is 0 Å². The summed E-state index contributed by atoms with van der Waals surface area (Å²) >= 11 is 1.89. The van der Waals surface area contributed by atoms with E-state index in [0.717, 1.165) is 12.2 Å². The lowest BCUT2D eigenvalue weighted by molar-refractivity contribution is 0.490. The molecule has 1 aliphatic rings. The van der Waals surface area contributed by atoms with Crippen LogP contribution >= 0.6 is 11.3 Å². The van der Waals surface area contributed by atoms with Gasteiger partial charge < -0.3 is 10.2 Å². The Morgan fingerprint density at radius 2 is 2.38 bits per heavy atom. The number of hydrogen-bond acceptors (Lipinski definition) is 3. The second kappa shape index (κ2) is 4.07. The lowest BCUT2D eigenvalue weighted by atomic mass is 10.1. The third-order valence-corrected chi connectivity index (χ3v) is 4.50. The Kier molecular flexibility index (Phi) is 2.58. The van der Waals surface area contributed by atoms with E-state index in [1.807, 2.05) is 23.5 Å². The lowest BCUT2D eigenvalue weighted by Gasteiger charge is -2.07. The summed E-state index contributed by atoms with van der Waals surface area (Å²) in [6.07, 6.45) is 6.30. The number of thiophene rings is 1. The zero-order chi connectivity index (χ0) is 11.0. The molecule has 2 aromatic rings. The molecule has 1 atom stereocenters. The van der Waals surface area contributed by atoms with Crippen molar-refractivity contribution < 1.29 is 4.42 Å². The Bertz CT molecular complexity index is 451. The molecule has 0 spiro atoms. The molecule has 0 bridgehead atoms. The number of hydrogen-bond donors (Lipinski definition) is 1. The molecule has 84 valence electrons. The van der Waals surface area contributed by atoms with Crippen LogP contribution in [0.4, 0.5) is 0 Å². The molecule has 2 N–H and O–H groups in total. The zero-order valence-electron chi connectivity index (χ0n) is 9.11. The molecule has 16 heavy (non-hydrogen) atoms. The summed E-state index contributed by atoms with van der Waals surface area (Å²) in [6.45, 7) is 0. The van der Waals surface area contributed by atoms with Crippen LogP contribution in [-0.4, -0.2) is 0 Å².